The number of aromatic nitrogens is 2. The molecule has 1 fully saturated rings. The minimum atomic E-state index is -0.0942. The fraction of sp³-hybridized carbons (Fsp3) is 0.643. The first-order valence-electron chi connectivity index (χ1n) is 7.13. The number of nitrogens with zero attached hydrogens (tertiary/aromatic N) is 3. The van der Waals surface area contributed by atoms with Gasteiger partial charge in [0, 0.05) is 27.3 Å². The molecule has 7 nitrogen and oxygen atoms in total. The van der Waals surface area contributed by atoms with E-state index in [9.17, 15) is 4.79 Å². The summed E-state index contributed by atoms with van der Waals surface area (Å²) in [6.45, 7) is 1.91. The van der Waals surface area contributed by atoms with Crippen molar-refractivity contribution >= 4 is 17.5 Å². The molecule has 0 spiro atoms. The Balaban J connectivity index is 1.68. The zero-order valence-electron chi connectivity index (χ0n) is 12.5. The van der Waals surface area contributed by atoms with Gasteiger partial charge in [0.1, 0.15) is 0 Å². The third kappa shape index (κ3) is 5.28. The van der Waals surface area contributed by atoms with Crippen LogP contribution in [0.4, 0.5) is 11.6 Å². The van der Waals surface area contributed by atoms with Gasteiger partial charge in [0.2, 0.25) is 11.9 Å². The van der Waals surface area contributed by atoms with Crippen LogP contribution in [0.3, 0.4) is 0 Å². The minimum absolute atomic E-state index is 0.0942. The number of nitrogens with one attached hydrogen (secondary N) is 1. The number of hydrogen-bond acceptors (Lipinski definition) is 6. The van der Waals surface area contributed by atoms with E-state index < -0.39 is 0 Å². The molecule has 0 aromatic carbocycles. The zero-order valence-corrected chi connectivity index (χ0v) is 12.5. The van der Waals surface area contributed by atoms with Gasteiger partial charge < -0.3 is 19.7 Å². The zero-order chi connectivity index (χ0) is 15.1. The summed E-state index contributed by atoms with van der Waals surface area (Å²) in [4.78, 5) is 21.9. The molecule has 0 unspecified atom stereocenters. The van der Waals surface area contributed by atoms with Gasteiger partial charge in [0.25, 0.3) is 0 Å². The van der Waals surface area contributed by atoms with Gasteiger partial charge in [-0.05, 0) is 12.8 Å². The molecule has 1 amide bonds. The number of hydrogen-bond donors (Lipinski definition) is 1. The maximum absolute atomic E-state index is 11.8. The Labute approximate surface area is 124 Å². The average Bonchev–Trinajstić information content (AvgIpc) is 2.49. The number of anilines is 2. The number of carbonyl (C=O) groups is 1. The third-order valence-corrected chi connectivity index (χ3v) is 3.17. The number of amides is 1. The van der Waals surface area contributed by atoms with Crippen LogP contribution in [0, 0.1) is 0 Å². The molecule has 0 aliphatic carbocycles. The highest BCUT2D eigenvalue weighted by Gasteiger charge is 2.14. The highest BCUT2D eigenvalue weighted by atomic mass is 16.5. The first-order chi connectivity index (χ1) is 10.1. The molecule has 0 atom stereocenters. The predicted octanol–water partition coefficient (Wildman–Crippen LogP) is 1.07. The average molecular weight is 294 g/mol. The van der Waals surface area contributed by atoms with Crippen LogP contribution in [0.2, 0.25) is 0 Å². The van der Waals surface area contributed by atoms with E-state index in [2.05, 4.69) is 15.3 Å². The Kier molecular flexibility index (Phi) is 5.89. The molecule has 21 heavy (non-hydrogen) atoms. The Bertz CT molecular complexity index is 444. The van der Waals surface area contributed by atoms with E-state index in [0.717, 1.165) is 26.1 Å². The molecular weight excluding hydrogens is 272 g/mol. The summed E-state index contributed by atoms with van der Waals surface area (Å²) >= 11 is 0. The predicted molar refractivity (Wildman–Crippen MR) is 79.4 cm³/mol. The van der Waals surface area contributed by atoms with Crippen LogP contribution in [-0.4, -0.2) is 55.9 Å². The molecule has 7 heteroatoms. The van der Waals surface area contributed by atoms with Crippen LogP contribution in [0.15, 0.2) is 12.4 Å². The van der Waals surface area contributed by atoms with Crippen molar-refractivity contribution < 1.29 is 14.3 Å². The lowest BCUT2D eigenvalue weighted by Gasteiger charge is -2.22. The van der Waals surface area contributed by atoms with Crippen molar-refractivity contribution in [2.75, 3.05) is 44.1 Å². The van der Waals surface area contributed by atoms with Crippen LogP contribution >= 0.6 is 0 Å². The van der Waals surface area contributed by atoms with E-state index in [1.54, 1.807) is 17.3 Å². The van der Waals surface area contributed by atoms with Crippen molar-refractivity contribution in [3.05, 3.63) is 12.4 Å². The molecule has 1 aliphatic rings. The Morgan fingerprint density at radius 1 is 1.38 bits per heavy atom. The molecule has 1 saturated heterocycles. The van der Waals surface area contributed by atoms with E-state index in [0.29, 0.717) is 24.7 Å². The van der Waals surface area contributed by atoms with Gasteiger partial charge >= 0.3 is 0 Å². The van der Waals surface area contributed by atoms with Crippen LogP contribution in [0.25, 0.3) is 0 Å². The van der Waals surface area contributed by atoms with Crippen molar-refractivity contribution in [1.29, 1.82) is 0 Å². The quantitative estimate of drug-likeness (QED) is 0.845. The fourth-order valence-electron chi connectivity index (χ4n) is 2.00. The number of carbonyl (C=O) groups excluding carboxylic acids is 1. The standard InChI is InChI=1S/C14H22N4O3/c1-18(2)14-15-9-11(10-16-14)17-13(19)5-8-21-12-3-6-20-7-4-12/h9-10,12H,3-8H2,1-2H3,(H,17,19). The second kappa shape index (κ2) is 7.90. The van der Waals surface area contributed by atoms with Gasteiger partial charge in [-0.2, -0.15) is 0 Å². The summed E-state index contributed by atoms with van der Waals surface area (Å²) in [5, 5.41) is 2.76. The molecule has 1 aliphatic heterocycles. The molecule has 1 aromatic rings. The van der Waals surface area contributed by atoms with Crippen molar-refractivity contribution in [3.8, 4) is 0 Å². The Morgan fingerprint density at radius 2 is 2.05 bits per heavy atom. The summed E-state index contributed by atoms with van der Waals surface area (Å²) in [5.41, 5.74) is 0.594. The molecule has 116 valence electrons. The van der Waals surface area contributed by atoms with Crippen molar-refractivity contribution in [1.82, 2.24) is 9.97 Å². The Hall–Kier alpha value is -1.73. The van der Waals surface area contributed by atoms with Gasteiger partial charge in [-0.1, -0.05) is 0 Å². The van der Waals surface area contributed by atoms with E-state index in [1.165, 1.54) is 0 Å². The minimum Gasteiger partial charge on any atom is -0.381 e. The number of rotatable bonds is 6. The lowest BCUT2D eigenvalue weighted by molar-refractivity contribution is -0.118. The maximum Gasteiger partial charge on any atom is 0.226 e. The third-order valence-electron chi connectivity index (χ3n) is 3.17. The molecule has 0 saturated carbocycles. The first kappa shape index (κ1) is 15.7. The molecule has 1 N–H and O–H groups in total. The normalized spacial score (nSPS) is 15.7. The summed E-state index contributed by atoms with van der Waals surface area (Å²) < 4.78 is 10.9. The molecule has 0 radical (unpaired) electrons. The largest absolute Gasteiger partial charge is 0.381 e. The SMILES string of the molecule is CN(C)c1ncc(NC(=O)CCOC2CCOCC2)cn1. The summed E-state index contributed by atoms with van der Waals surface area (Å²) in [5.74, 6) is 0.513. The number of ether oxygens (including phenoxy) is 2. The Morgan fingerprint density at radius 3 is 2.67 bits per heavy atom. The summed E-state index contributed by atoms with van der Waals surface area (Å²) in [7, 11) is 3.72. The van der Waals surface area contributed by atoms with E-state index in [1.807, 2.05) is 14.1 Å². The van der Waals surface area contributed by atoms with Gasteiger partial charge in [-0.3, -0.25) is 4.79 Å². The van der Waals surface area contributed by atoms with Crippen LogP contribution < -0.4 is 10.2 Å². The summed E-state index contributed by atoms with van der Waals surface area (Å²) in [6.07, 6.45) is 5.55. The van der Waals surface area contributed by atoms with E-state index in [4.69, 9.17) is 9.47 Å². The maximum atomic E-state index is 11.8. The lowest BCUT2D eigenvalue weighted by atomic mass is 10.1. The topological polar surface area (TPSA) is 76.6 Å². The van der Waals surface area contributed by atoms with Crippen LogP contribution in [-0.2, 0) is 14.3 Å². The molecular formula is C14H22N4O3. The van der Waals surface area contributed by atoms with Gasteiger partial charge in [0.15, 0.2) is 0 Å². The van der Waals surface area contributed by atoms with Gasteiger partial charge in [-0.15, -0.1) is 0 Å². The van der Waals surface area contributed by atoms with Crippen LogP contribution in [0.1, 0.15) is 19.3 Å². The molecule has 2 rings (SSSR count). The van der Waals surface area contributed by atoms with E-state index in [-0.39, 0.29) is 12.0 Å². The molecule has 0 bridgehead atoms. The molecule has 2 heterocycles. The van der Waals surface area contributed by atoms with Gasteiger partial charge in [0.05, 0.1) is 37.2 Å². The summed E-state index contributed by atoms with van der Waals surface area (Å²) in [6, 6.07) is 0. The smallest absolute Gasteiger partial charge is 0.226 e. The molecule has 1 aromatic heterocycles. The fourth-order valence-corrected chi connectivity index (χ4v) is 2.00. The van der Waals surface area contributed by atoms with E-state index >= 15 is 0 Å². The first-order valence-corrected chi connectivity index (χ1v) is 7.13. The second-order valence-corrected chi connectivity index (χ2v) is 5.15. The van der Waals surface area contributed by atoms with Crippen molar-refractivity contribution in [2.24, 2.45) is 0 Å². The lowest BCUT2D eigenvalue weighted by Crippen LogP contribution is -2.25. The van der Waals surface area contributed by atoms with Gasteiger partial charge in [-0.25, -0.2) is 9.97 Å². The second-order valence-electron chi connectivity index (χ2n) is 5.15. The highest BCUT2D eigenvalue weighted by molar-refractivity contribution is 5.90. The van der Waals surface area contributed by atoms with Crippen LogP contribution in [0.5, 0.6) is 0 Å². The highest BCUT2D eigenvalue weighted by Crippen LogP contribution is 2.11. The van der Waals surface area contributed by atoms with Crippen molar-refractivity contribution in [3.63, 3.8) is 0 Å². The van der Waals surface area contributed by atoms with Crippen molar-refractivity contribution in [2.45, 2.75) is 25.4 Å². The monoisotopic (exact) mass is 294 g/mol.